The van der Waals surface area contributed by atoms with Gasteiger partial charge in [0.2, 0.25) is 0 Å². The van der Waals surface area contributed by atoms with Gasteiger partial charge in [-0.25, -0.2) is 0 Å². The molecule has 0 radical (unpaired) electrons. The van der Waals surface area contributed by atoms with Gasteiger partial charge in [0, 0.05) is 18.3 Å². The summed E-state index contributed by atoms with van der Waals surface area (Å²) in [5.74, 6) is 0.803. The Kier molecular flexibility index (Phi) is 5.97. The Hall–Kier alpha value is -1.60. The predicted octanol–water partition coefficient (Wildman–Crippen LogP) is 3.21. The third kappa shape index (κ3) is 5.58. The molecule has 0 spiro atoms. The van der Waals surface area contributed by atoms with E-state index in [0.717, 1.165) is 17.1 Å². The monoisotopic (exact) mass is 275 g/mol. The quantitative estimate of drug-likeness (QED) is 0.830. The zero-order valence-corrected chi connectivity index (χ0v) is 13.2. The largest absolute Gasteiger partial charge is 0.492 e. The van der Waals surface area contributed by atoms with Crippen LogP contribution in [0.5, 0.6) is 5.75 Å². The maximum absolute atomic E-state index is 9.00. The highest BCUT2D eigenvalue weighted by Crippen LogP contribution is 2.21. The molecule has 0 bridgehead atoms. The van der Waals surface area contributed by atoms with Crippen LogP contribution in [0.15, 0.2) is 12.1 Å². The second kappa shape index (κ2) is 7.25. The summed E-state index contributed by atoms with van der Waals surface area (Å²) in [6.07, 6.45) is 0.703. The summed E-state index contributed by atoms with van der Waals surface area (Å²) in [6, 6.07) is 6.59. The SMILES string of the molecule is Cc1ccc(OCCC(C)(C)C#N)c(CNC(C)C)n1. The van der Waals surface area contributed by atoms with Gasteiger partial charge in [-0.15, -0.1) is 0 Å². The minimum atomic E-state index is -0.353. The van der Waals surface area contributed by atoms with Crippen LogP contribution in [0.3, 0.4) is 0 Å². The molecule has 4 heteroatoms. The van der Waals surface area contributed by atoms with Crippen molar-refractivity contribution in [3.8, 4) is 11.8 Å². The van der Waals surface area contributed by atoms with E-state index in [1.165, 1.54) is 0 Å². The molecule has 0 amide bonds. The average Bonchev–Trinajstić information content (AvgIpc) is 2.38. The van der Waals surface area contributed by atoms with E-state index >= 15 is 0 Å². The maximum atomic E-state index is 9.00. The number of nitriles is 1. The van der Waals surface area contributed by atoms with E-state index in [9.17, 15) is 0 Å². The van der Waals surface area contributed by atoms with Gasteiger partial charge in [-0.05, 0) is 39.3 Å². The maximum Gasteiger partial charge on any atom is 0.142 e. The fraction of sp³-hybridized carbons (Fsp3) is 0.625. The molecule has 0 aromatic carbocycles. The van der Waals surface area contributed by atoms with Gasteiger partial charge in [0.1, 0.15) is 5.75 Å². The third-order valence-corrected chi connectivity index (χ3v) is 3.04. The number of nitrogens with zero attached hydrogens (tertiary/aromatic N) is 2. The van der Waals surface area contributed by atoms with Gasteiger partial charge < -0.3 is 10.1 Å². The molecule has 0 unspecified atom stereocenters. The lowest BCUT2D eigenvalue weighted by molar-refractivity contribution is 0.260. The number of aromatic nitrogens is 1. The summed E-state index contributed by atoms with van der Waals surface area (Å²) in [4.78, 5) is 4.53. The molecule has 4 nitrogen and oxygen atoms in total. The number of pyridine rings is 1. The molecule has 1 heterocycles. The van der Waals surface area contributed by atoms with Crippen LogP contribution < -0.4 is 10.1 Å². The van der Waals surface area contributed by atoms with Crippen molar-refractivity contribution in [1.82, 2.24) is 10.3 Å². The Balaban J connectivity index is 2.67. The summed E-state index contributed by atoms with van der Waals surface area (Å²) >= 11 is 0. The van der Waals surface area contributed by atoms with Gasteiger partial charge in [0.15, 0.2) is 0 Å². The highest BCUT2D eigenvalue weighted by Gasteiger charge is 2.17. The van der Waals surface area contributed by atoms with Crippen LogP contribution in [0.25, 0.3) is 0 Å². The fourth-order valence-electron chi connectivity index (χ4n) is 1.63. The lowest BCUT2D eigenvalue weighted by Crippen LogP contribution is -2.23. The Morgan fingerprint density at radius 1 is 1.40 bits per heavy atom. The van der Waals surface area contributed by atoms with Crippen LogP contribution >= 0.6 is 0 Å². The van der Waals surface area contributed by atoms with E-state index in [4.69, 9.17) is 10.00 Å². The molecule has 0 aliphatic rings. The number of nitrogens with one attached hydrogen (secondary N) is 1. The van der Waals surface area contributed by atoms with Gasteiger partial charge >= 0.3 is 0 Å². The fourth-order valence-corrected chi connectivity index (χ4v) is 1.63. The molecule has 0 saturated heterocycles. The smallest absolute Gasteiger partial charge is 0.142 e. The van der Waals surface area contributed by atoms with Crippen molar-refractivity contribution in [3.05, 3.63) is 23.5 Å². The Bertz CT molecular complexity index is 475. The van der Waals surface area contributed by atoms with Crippen LogP contribution in [0.4, 0.5) is 0 Å². The Morgan fingerprint density at radius 2 is 2.10 bits per heavy atom. The Labute approximate surface area is 122 Å². The average molecular weight is 275 g/mol. The predicted molar refractivity (Wildman–Crippen MR) is 80.5 cm³/mol. The van der Waals surface area contributed by atoms with Crippen LogP contribution in [0.2, 0.25) is 0 Å². The van der Waals surface area contributed by atoms with Crippen molar-refractivity contribution in [3.63, 3.8) is 0 Å². The normalized spacial score (nSPS) is 11.4. The first kappa shape index (κ1) is 16.5. The highest BCUT2D eigenvalue weighted by atomic mass is 16.5. The number of rotatable bonds is 7. The first-order valence-corrected chi connectivity index (χ1v) is 7.08. The van der Waals surface area contributed by atoms with Crippen molar-refractivity contribution in [1.29, 1.82) is 5.26 Å². The van der Waals surface area contributed by atoms with E-state index in [-0.39, 0.29) is 5.41 Å². The molecule has 0 aliphatic carbocycles. The molecule has 0 saturated carbocycles. The second-order valence-electron chi connectivity index (χ2n) is 6.03. The van der Waals surface area contributed by atoms with Crippen molar-refractivity contribution in [2.24, 2.45) is 5.41 Å². The third-order valence-electron chi connectivity index (χ3n) is 3.04. The molecule has 0 aliphatic heterocycles. The number of hydrogen-bond donors (Lipinski definition) is 1. The van der Waals surface area contributed by atoms with Gasteiger partial charge in [0.25, 0.3) is 0 Å². The molecule has 1 aromatic rings. The molecule has 1 N–H and O–H groups in total. The molecule has 1 rings (SSSR count). The Morgan fingerprint density at radius 3 is 2.70 bits per heavy atom. The molecule has 0 atom stereocenters. The molecular formula is C16H25N3O. The number of hydrogen-bond acceptors (Lipinski definition) is 4. The van der Waals surface area contributed by atoms with E-state index in [1.807, 2.05) is 32.9 Å². The molecule has 110 valence electrons. The van der Waals surface area contributed by atoms with Crippen LogP contribution in [0.1, 0.15) is 45.5 Å². The topological polar surface area (TPSA) is 57.9 Å². The van der Waals surface area contributed by atoms with Gasteiger partial charge in [-0.3, -0.25) is 4.98 Å². The van der Waals surface area contributed by atoms with Gasteiger partial charge in [-0.2, -0.15) is 5.26 Å². The van der Waals surface area contributed by atoms with Crippen LogP contribution in [0, 0.1) is 23.7 Å². The summed E-state index contributed by atoms with van der Waals surface area (Å²) in [5, 5.41) is 12.4. The van der Waals surface area contributed by atoms with Crippen molar-refractivity contribution < 1.29 is 4.74 Å². The minimum Gasteiger partial charge on any atom is -0.492 e. The molecule has 0 fully saturated rings. The lowest BCUT2D eigenvalue weighted by Gasteiger charge is -2.17. The van der Waals surface area contributed by atoms with Gasteiger partial charge in [0.05, 0.1) is 23.8 Å². The van der Waals surface area contributed by atoms with E-state index < -0.39 is 0 Å². The first-order valence-electron chi connectivity index (χ1n) is 7.08. The summed E-state index contributed by atoms with van der Waals surface area (Å²) < 4.78 is 5.81. The minimum absolute atomic E-state index is 0.353. The lowest BCUT2D eigenvalue weighted by atomic mass is 9.92. The van der Waals surface area contributed by atoms with E-state index in [1.54, 1.807) is 0 Å². The molecular weight excluding hydrogens is 250 g/mol. The summed E-state index contributed by atoms with van der Waals surface area (Å²) in [5.41, 5.74) is 1.55. The van der Waals surface area contributed by atoms with E-state index in [2.05, 4.69) is 30.2 Å². The highest BCUT2D eigenvalue weighted by molar-refractivity contribution is 5.29. The van der Waals surface area contributed by atoms with Crippen LogP contribution in [-0.4, -0.2) is 17.6 Å². The van der Waals surface area contributed by atoms with E-state index in [0.29, 0.717) is 25.6 Å². The number of ether oxygens (including phenoxy) is 1. The molecule has 1 aromatic heterocycles. The zero-order chi connectivity index (χ0) is 15.2. The van der Waals surface area contributed by atoms with Crippen molar-refractivity contribution in [2.45, 2.75) is 53.6 Å². The van der Waals surface area contributed by atoms with Gasteiger partial charge in [-0.1, -0.05) is 13.8 Å². The summed E-state index contributed by atoms with van der Waals surface area (Å²) in [7, 11) is 0. The van der Waals surface area contributed by atoms with Crippen molar-refractivity contribution >= 4 is 0 Å². The summed E-state index contributed by atoms with van der Waals surface area (Å²) in [6.45, 7) is 11.2. The molecule has 20 heavy (non-hydrogen) atoms. The first-order chi connectivity index (χ1) is 9.34. The zero-order valence-electron chi connectivity index (χ0n) is 13.2. The van der Waals surface area contributed by atoms with Crippen molar-refractivity contribution in [2.75, 3.05) is 6.61 Å². The van der Waals surface area contributed by atoms with Crippen LogP contribution in [-0.2, 0) is 6.54 Å². The number of aryl methyl sites for hydroxylation is 1. The standard InChI is InChI=1S/C16H25N3O/c1-12(2)18-10-14-15(7-6-13(3)19-14)20-9-8-16(4,5)11-17/h6-7,12,18H,8-10H2,1-5H3. The second-order valence-corrected chi connectivity index (χ2v) is 6.03.